The summed E-state index contributed by atoms with van der Waals surface area (Å²) in [6.45, 7) is 2.08. The number of halogens is 1. The Bertz CT molecular complexity index is 1050. The molecule has 28 heavy (non-hydrogen) atoms. The predicted octanol–water partition coefficient (Wildman–Crippen LogP) is 3.31. The fourth-order valence-electron chi connectivity index (χ4n) is 3.39. The molecule has 3 aromatic rings. The monoisotopic (exact) mass is 397 g/mol. The summed E-state index contributed by atoms with van der Waals surface area (Å²) in [5.41, 5.74) is 1.83. The minimum atomic E-state index is -0.569. The second-order valence-electron chi connectivity index (χ2n) is 6.66. The second kappa shape index (κ2) is 8.04. The Balaban J connectivity index is 1.74. The van der Waals surface area contributed by atoms with Crippen LogP contribution >= 0.6 is 11.6 Å². The molecule has 1 aromatic heterocycles. The number of carbonyl (C=O) groups excluding carboxylic acids is 1. The van der Waals surface area contributed by atoms with Crippen LogP contribution in [0.3, 0.4) is 0 Å². The van der Waals surface area contributed by atoms with Crippen molar-refractivity contribution >= 4 is 28.5 Å². The molecule has 0 bridgehead atoms. The van der Waals surface area contributed by atoms with E-state index in [2.05, 4.69) is 10.3 Å². The second-order valence-corrected chi connectivity index (χ2v) is 7.09. The maximum atomic E-state index is 13.2. The van der Waals surface area contributed by atoms with Gasteiger partial charge in [0.15, 0.2) is 5.43 Å². The number of nitrogens with one attached hydrogen (secondary N) is 2. The first-order valence-corrected chi connectivity index (χ1v) is 9.50. The number of aromatic amines is 1. The molecule has 0 spiro atoms. The Morgan fingerprint density at radius 2 is 1.89 bits per heavy atom. The third-order valence-corrected chi connectivity index (χ3v) is 5.12. The number of pyridine rings is 1. The summed E-state index contributed by atoms with van der Waals surface area (Å²) in [7, 11) is 0. The zero-order valence-electron chi connectivity index (χ0n) is 15.2. The van der Waals surface area contributed by atoms with Gasteiger partial charge < -0.3 is 19.9 Å². The molecular formula is C21H20ClN3O3. The first-order valence-electron chi connectivity index (χ1n) is 9.12. The van der Waals surface area contributed by atoms with Gasteiger partial charge in [-0.2, -0.15) is 0 Å². The molecule has 1 fully saturated rings. The fraction of sp³-hybridized carbons (Fsp3) is 0.238. The first kappa shape index (κ1) is 18.5. The highest BCUT2D eigenvalue weighted by Crippen LogP contribution is 2.22. The molecule has 2 N–H and O–H groups in total. The predicted molar refractivity (Wildman–Crippen MR) is 109 cm³/mol. The molecule has 4 rings (SSSR count). The number of aromatic nitrogens is 1. The van der Waals surface area contributed by atoms with Crippen molar-refractivity contribution in [2.45, 2.75) is 6.04 Å². The van der Waals surface area contributed by atoms with Gasteiger partial charge in [-0.05, 0) is 23.8 Å². The van der Waals surface area contributed by atoms with E-state index < -0.39 is 6.04 Å². The largest absolute Gasteiger partial charge is 0.378 e. The van der Waals surface area contributed by atoms with Gasteiger partial charge in [-0.3, -0.25) is 4.79 Å². The van der Waals surface area contributed by atoms with Gasteiger partial charge in [0.25, 0.3) is 0 Å². The molecule has 7 heteroatoms. The molecule has 0 aliphatic carbocycles. The van der Waals surface area contributed by atoms with Crippen molar-refractivity contribution < 1.29 is 9.53 Å². The van der Waals surface area contributed by atoms with Crippen molar-refractivity contribution in [1.82, 2.24) is 15.2 Å². The third-order valence-electron chi connectivity index (χ3n) is 4.88. The number of morpholine rings is 1. The lowest BCUT2D eigenvalue weighted by Crippen LogP contribution is -2.47. The van der Waals surface area contributed by atoms with Crippen LogP contribution in [-0.4, -0.2) is 42.2 Å². The van der Waals surface area contributed by atoms with E-state index in [4.69, 9.17) is 16.3 Å². The van der Waals surface area contributed by atoms with Gasteiger partial charge in [0.2, 0.25) is 0 Å². The zero-order chi connectivity index (χ0) is 19.5. The highest BCUT2D eigenvalue weighted by atomic mass is 35.5. The number of hydrogen-bond donors (Lipinski definition) is 2. The van der Waals surface area contributed by atoms with E-state index in [1.807, 2.05) is 30.3 Å². The van der Waals surface area contributed by atoms with Gasteiger partial charge in [0, 0.05) is 35.3 Å². The molecule has 6 nitrogen and oxygen atoms in total. The van der Waals surface area contributed by atoms with Crippen molar-refractivity contribution in [3.8, 4) is 0 Å². The van der Waals surface area contributed by atoms with Crippen LogP contribution in [0.15, 0.2) is 59.5 Å². The van der Waals surface area contributed by atoms with E-state index in [-0.39, 0.29) is 11.5 Å². The van der Waals surface area contributed by atoms with E-state index in [9.17, 15) is 9.59 Å². The molecule has 2 heterocycles. The van der Waals surface area contributed by atoms with E-state index >= 15 is 0 Å². The normalized spacial score (nSPS) is 15.4. The minimum Gasteiger partial charge on any atom is -0.378 e. The van der Waals surface area contributed by atoms with E-state index in [1.54, 1.807) is 29.3 Å². The van der Waals surface area contributed by atoms with Crippen molar-refractivity contribution in [3.63, 3.8) is 0 Å². The number of fused-ring (bicyclic) bond motifs is 1. The van der Waals surface area contributed by atoms with Crippen molar-refractivity contribution in [1.29, 1.82) is 0 Å². The lowest BCUT2D eigenvalue weighted by molar-refractivity contribution is 0.0527. The summed E-state index contributed by atoms with van der Waals surface area (Å²) in [6, 6.07) is 13.8. The van der Waals surface area contributed by atoms with Crippen LogP contribution in [0.5, 0.6) is 0 Å². The zero-order valence-corrected chi connectivity index (χ0v) is 15.9. The molecule has 2 amide bonds. The van der Waals surface area contributed by atoms with Gasteiger partial charge in [-0.15, -0.1) is 0 Å². The molecule has 2 aromatic carbocycles. The number of H-pyrrole nitrogens is 1. The van der Waals surface area contributed by atoms with E-state index in [1.165, 1.54) is 0 Å². The molecule has 1 saturated heterocycles. The Labute approximate surface area is 167 Å². The number of amides is 2. The van der Waals surface area contributed by atoms with Gasteiger partial charge in [-0.25, -0.2) is 4.79 Å². The summed E-state index contributed by atoms with van der Waals surface area (Å²) in [5, 5.41) is 4.10. The molecular weight excluding hydrogens is 378 g/mol. The van der Waals surface area contributed by atoms with Crippen LogP contribution in [-0.2, 0) is 4.74 Å². The summed E-state index contributed by atoms with van der Waals surface area (Å²) < 4.78 is 5.31. The fourth-order valence-corrected chi connectivity index (χ4v) is 3.56. The molecule has 1 aliphatic heterocycles. The molecule has 0 radical (unpaired) electrons. The average molecular weight is 398 g/mol. The van der Waals surface area contributed by atoms with E-state index in [0.717, 1.165) is 5.56 Å². The van der Waals surface area contributed by atoms with E-state index in [0.29, 0.717) is 47.8 Å². The smallest absolute Gasteiger partial charge is 0.318 e. The molecule has 1 aliphatic rings. The molecule has 1 unspecified atom stereocenters. The number of hydrogen-bond acceptors (Lipinski definition) is 3. The number of carbonyl (C=O) groups is 1. The lowest BCUT2D eigenvalue weighted by atomic mass is 9.98. The molecule has 0 saturated carbocycles. The topological polar surface area (TPSA) is 74.4 Å². The summed E-state index contributed by atoms with van der Waals surface area (Å²) >= 11 is 6.03. The Kier molecular flexibility index (Phi) is 5.32. The quantitative estimate of drug-likeness (QED) is 0.712. The highest BCUT2D eigenvalue weighted by molar-refractivity contribution is 6.31. The SMILES string of the molecule is O=C(NC(c1ccccc1)c1c[nH]c2cc(Cl)ccc2c1=O)N1CCOCC1. The summed E-state index contributed by atoms with van der Waals surface area (Å²) in [5.74, 6) is 0. The van der Waals surface area contributed by atoms with Gasteiger partial charge >= 0.3 is 6.03 Å². The Hall–Kier alpha value is -2.83. The summed E-state index contributed by atoms with van der Waals surface area (Å²) in [4.78, 5) is 30.8. The Morgan fingerprint density at radius 1 is 1.14 bits per heavy atom. The van der Waals surface area contributed by atoms with Crippen molar-refractivity contribution in [2.24, 2.45) is 0 Å². The van der Waals surface area contributed by atoms with Gasteiger partial charge in [0.05, 0.1) is 24.8 Å². The number of urea groups is 1. The van der Waals surface area contributed by atoms with Crippen LogP contribution in [0.1, 0.15) is 17.2 Å². The third kappa shape index (κ3) is 3.74. The molecule has 1 atom stereocenters. The summed E-state index contributed by atoms with van der Waals surface area (Å²) in [6.07, 6.45) is 1.65. The van der Waals surface area contributed by atoms with Crippen LogP contribution in [0.25, 0.3) is 10.9 Å². The van der Waals surface area contributed by atoms with Crippen molar-refractivity contribution in [3.05, 3.63) is 81.1 Å². The number of nitrogens with zero attached hydrogens (tertiary/aromatic N) is 1. The average Bonchev–Trinajstić information content (AvgIpc) is 2.74. The standard InChI is InChI=1S/C21H20ClN3O3/c22-15-6-7-16-18(12-15)23-13-17(20(16)26)19(14-4-2-1-3-5-14)24-21(27)25-8-10-28-11-9-25/h1-7,12-13,19H,8-11H2,(H,23,26)(H,24,27). The maximum absolute atomic E-state index is 13.2. The maximum Gasteiger partial charge on any atom is 0.318 e. The number of benzene rings is 2. The number of rotatable bonds is 3. The number of ether oxygens (including phenoxy) is 1. The Morgan fingerprint density at radius 3 is 2.64 bits per heavy atom. The van der Waals surface area contributed by atoms with Gasteiger partial charge in [0.1, 0.15) is 0 Å². The van der Waals surface area contributed by atoms with Crippen molar-refractivity contribution in [2.75, 3.05) is 26.3 Å². The van der Waals surface area contributed by atoms with Crippen LogP contribution in [0, 0.1) is 0 Å². The van der Waals surface area contributed by atoms with Crippen LogP contribution in [0.4, 0.5) is 4.79 Å². The van der Waals surface area contributed by atoms with Gasteiger partial charge in [-0.1, -0.05) is 41.9 Å². The van der Waals surface area contributed by atoms with Crippen LogP contribution < -0.4 is 10.7 Å². The lowest BCUT2D eigenvalue weighted by Gasteiger charge is -2.29. The van der Waals surface area contributed by atoms with Crippen LogP contribution in [0.2, 0.25) is 5.02 Å². The first-order chi connectivity index (χ1) is 13.6. The molecule has 144 valence electrons. The minimum absolute atomic E-state index is 0.137. The highest BCUT2D eigenvalue weighted by Gasteiger charge is 2.24.